The molecule has 0 aliphatic carbocycles. The molecular weight excluding hydrogens is 374 g/mol. The van der Waals surface area contributed by atoms with Crippen LogP contribution in [0.25, 0.3) is 0 Å². The van der Waals surface area contributed by atoms with Crippen molar-refractivity contribution >= 4 is 21.5 Å². The first-order chi connectivity index (χ1) is 13.4. The Morgan fingerprint density at radius 2 is 1.57 bits per heavy atom. The van der Waals surface area contributed by atoms with Crippen LogP contribution >= 0.6 is 0 Å². The van der Waals surface area contributed by atoms with Crippen LogP contribution in [0.1, 0.15) is 28.4 Å². The number of carbonyl (C=O) groups is 1. The van der Waals surface area contributed by atoms with Crippen LogP contribution in [0.4, 0.5) is 5.69 Å². The SMILES string of the molecule is CCN(c1cccc(O)c1C(=O)c1ccccc1)S(=O)(=O)c1ccc(C)cc1. The molecule has 3 aromatic rings. The zero-order valence-electron chi connectivity index (χ0n) is 15.7. The number of benzene rings is 3. The third kappa shape index (κ3) is 3.64. The van der Waals surface area contributed by atoms with E-state index in [1.807, 2.05) is 6.92 Å². The molecular formula is C22H21NO4S. The van der Waals surface area contributed by atoms with Crippen LogP contribution < -0.4 is 4.31 Å². The first-order valence-electron chi connectivity index (χ1n) is 8.87. The predicted octanol–water partition coefficient (Wildman–Crippen LogP) is 4.15. The maximum atomic E-state index is 13.2. The molecule has 144 valence electrons. The Morgan fingerprint density at radius 1 is 0.929 bits per heavy atom. The molecule has 0 aliphatic rings. The molecule has 3 aromatic carbocycles. The number of anilines is 1. The van der Waals surface area contributed by atoms with Crippen LogP contribution in [-0.2, 0) is 10.0 Å². The number of aromatic hydroxyl groups is 1. The number of phenols is 1. The van der Waals surface area contributed by atoms with Gasteiger partial charge in [-0.3, -0.25) is 9.10 Å². The Morgan fingerprint density at radius 3 is 2.18 bits per heavy atom. The van der Waals surface area contributed by atoms with Gasteiger partial charge in [-0.1, -0.05) is 54.1 Å². The van der Waals surface area contributed by atoms with E-state index in [1.165, 1.54) is 30.3 Å². The second-order valence-corrected chi connectivity index (χ2v) is 8.21. The summed E-state index contributed by atoms with van der Waals surface area (Å²) in [4.78, 5) is 13.2. The highest BCUT2D eigenvalue weighted by molar-refractivity contribution is 7.92. The quantitative estimate of drug-likeness (QED) is 0.637. The van der Waals surface area contributed by atoms with Gasteiger partial charge in [0, 0.05) is 12.1 Å². The lowest BCUT2D eigenvalue weighted by atomic mass is 10.0. The standard InChI is InChI=1S/C22H21NO4S/c1-3-23(28(26,27)18-14-12-16(2)13-15-18)19-10-7-11-20(24)21(19)22(25)17-8-5-4-6-9-17/h4-15,24H,3H2,1-2H3. The Balaban J connectivity index is 2.15. The van der Waals surface area contributed by atoms with Crippen LogP contribution in [0, 0.1) is 6.92 Å². The highest BCUT2D eigenvalue weighted by Crippen LogP contribution is 2.34. The van der Waals surface area contributed by atoms with E-state index < -0.39 is 15.8 Å². The molecule has 0 unspecified atom stereocenters. The normalized spacial score (nSPS) is 11.2. The lowest BCUT2D eigenvalue weighted by molar-refractivity contribution is 0.103. The molecule has 0 fully saturated rings. The van der Waals surface area contributed by atoms with Gasteiger partial charge in [-0.05, 0) is 38.1 Å². The Kier molecular flexibility index (Phi) is 5.51. The van der Waals surface area contributed by atoms with E-state index in [-0.39, 0.29) is 28.4 Å². The summed E-state index contributed by atoms with van der Waals surface area (Å²) < 4.78 is 27.6. The molecule has 0 atom stereocenters. The number of aryl methyl sites for hydroxylation is 1. The average Bonchev–Trinajstić information content (AvgIpc) is 2.69. The van der Waals surface area contributed by atoms with Gasteiger partial charge in [0.1, 0.15) is 5.75 Å². The highest BCUT2D eigenvalue weighted by atomic mass is 32.2. The van der Waals surface area contributed by atoms with E-state index in [2.05, 4.69) is 0 Å². The highest BCUT2D eigenvalue weighted by Gasteiger charge is 2.29. The first-order valence-corrected chi connectivity index (χ1v) is 10.3. The molecule has 0 aromatic heterocycles. The molecule has 28 heavy (non-hydrogen) atoms. The molecule has 1 N–H and O–H groups in total. The van der Waals surface area contributed by atoms with Gasteiger partial charge in [0.15, 0.2) is 5.78 Å². The van der Waals surface area contributed by atoms with E-state index in [0.717, 1.165) is 9.87 Å². The van der Waals surface area contributed by atoms with E-state index in [0.29, 0.717) is 5.56 Å². The van der Waals surface area contributed by atoms with Crippen molar-refractivity contribution in [2.45, 2.75) is 18.7 Å². The van der Waals surface area contributed by atoms with Crippen LogP contribution in [-0.4, -0.2) is 25.9 Å². The number of rotatable bonds is 6. The molecule has 0 saturated heterocycles. The summed E-state index contributed by atoms with van der Waals surface area (Å²) >= 11 is 0. The summed E-state index contributed by atoms with van der Waals surface area (Å²) in [7, 11) is -3.91. The van der Waals surface area contributed by atoms with E-state index in [4.69, 9.17) is 0 Å². The number of hydrogen-bond donors (Lipinski definition) is 1. The van der Waals surface area contributed by atoms with Crippen molar-refractivity contribution in [1.29, 1.82) is 0 Å². The average molecular weight is 395 g/mol. The van der Waals surface area contributed by atoms with Crippen LogP contribution in [0.3, 0.4) is 0 Å². The van der Waals surface area contributed by atoms with Crippen molar-refractivity contribution < 1.29 is 18.3 Å². The second kappa shape index (κ2) is 7.86. The molecule has 0 aliphatic heterocycles. The Labute approximate surface area is 164 Å². The number of hydrogen-bond acceptors (Lipinski definition) is 4. The van der Waals surface area contributed by atoms with Crippen LogP contribution in [0.2, 0.25) is 0 Å². The summed E-state index contributed by atoms with van der Waals surface area (Å²) in [6, 6.07) is 19.4. The number of ketones is 1. The van der Waals surface area contributed by atoms with Crippen molar-refractivity contribution in [3.05, 3.63) is 89.5 Å². The summed E-state index contributed by atoms with van der Waals surface area (Å²) in [5, 5.41) is 10.4. The minimum absolute atomic E-state index is 0.0359. The zero-order valence-corrected chi connectivity index (χ0v) is 16.5. The van der Waals surface area contributed by atoms with Gasteiger partial charge in [0.25, 0.3) is 10.0 Å². The minimum atomic E-state index is -3.91. The summed E-state index contributed by atoms with van der Waals surface area (Å²) in [6.07, 6.45) is 0. The predicted molar refractivity (Wildman–Crippen MR) is 109 cm³/mol. The van der Waals surface area contributed by atoms with Gasteiger partial charge in [0.05, 0.1) is 16.1 Å². The molecule has 6 heteroatoms. The molecule has 0 radical (unpaired) electrons. The molecule has 0 bridgehead atoms. The van der Waals surface area contributed by atoms with Crippen LogP contribution in [0.15, 0.2) is 77.7 Å². The third-order valence-corrected chi connectivity index (χ3v) is 6.35. The molecule has 0 heterocycles. The lowest BCUT2D eigenvalue weighted by Crippen LogP contribution is -2.32. The molecule has 5 nitrogen and oxygen atoms in total. The second-order valence-electron chi connectivity index (χ2n) is 6.35. The fourth-order valence-electron chi connectivity index (χ4n) is 3.01. The third-order valence-electron chi connectivity index (χ3n) is 4.45. The summed E-state index contributed by atoms with van der Waals surface area (Å²) in [5.41, 5.74) is 1.43. The lowest BCUT2D eigenvalue weighted by Gasteiger charge is -2.25. The molecule has 3 rings (SSSR count). The van der Waals surface area contributed by atoms with Crippen LogP contribution in [0.5, 0.6) is 5.75 Å². The van der Waals surface area contributed by atoms with Crippen molar-refractivity contribution in [3.63, 3.8) is 0 Å². The van der Waals surface area contributed by atoms with Crippen molar-refractivity contribution in [2.75, 3.05) is 10.8 Å². The molecule has 0 amide bonds. The Bertz CT molecular complexity index is 1090. The topological polar surface area (TPSA) is 74.7 Å². The van der Waals surface area contributed by atoms with Gasteiger partial charge in [-0.2, -0.15) is 0 Å². The van der Waals surface area contributed by atoms with Gasteiger partial charge in [-0.15, -0.1) is 0 Å². The summed E-state index contributed by atoms with van der Waals surface area (Å²) in [5.74, 6) is -0.699. The van der Waals surface area contributed by atoms with Gasteiger partial charge < -0.3 is 5.11 Å². The maximum absolute atomic E-state index is 13.2. The van der Waals surface area contributed by atoms with E-state index >= 15 is 0 Å². The fourth-order valence-corrected chi connectivity index (χ4v) is 4.50. The molecule has 0 saturated carbocycles. The van der Waals surface area contributed by atoms with Gasteiger partial charge in [-0.25, -0.2) is 8.42 Å². The number of sulfonamides is 1. The first kappa shape index (κ1) is 19.6. The number of carbonyl (C=O) groups excluding carboxylic acids is 1. The van der Waals surface area contributed by atoms with Crippen molar-refractivity contribution in [1.82, 2.24) is 0 Å². The monoisotopic (exact) mass is 395 g/mol. The zero-order chi connectivity index (χ0) is 20.3. The Hall–Kier alpha value is -3.12. The fraction of sp³-hybridized carbons (Fsp3) is 0.136. The van der Waals surface area contributed by atoms with E-state index in [1.54, 1.807) is 49.4 Å². The van der Waals surface area contributed by atoms with E-state index in [9.17, 15) is 18.3 Å². The largest absolute Gasteiger partial charge is 0.507 e. The van der Waals surface area contributed by atoms with Gasteiger partial charge in [0.2, 0.25) is 0 Å². The van der Waals surface area contributed by atoms with Gasteiger partial charge >= 0.3 is 0 Å². The number of nitrogens with zero attached hydrogens (tertiary/aromatic N) is 1. The van der Waals surface area contributed by atoms with Crippen molar-refractivity contribution in [3.8, 4) is 5.75 Å². The van der Waals surface area contributed by atoms with Crippen molar-refractivity contribution in [2.24, 2.45) is 0 Å². The molecule has 0 spiro atoms. The minimum Gasteiger partial charge on any atom is -0.507 e. The smallest absolute Gasteiger partial charge is 0.264 e. The summed E-state index contributed by atoms with van der Waals surface area (Å²) in [6.45, 7) is 3.67. The number of phenolic OH excluding ortho intramolecular Hbond substituents is 1. The maximum Gasteiger partial charge on any atom is 0.264 e.